The molecule has 2 atom stereocenters. The Labute approximate surface area is 117 Å². The third-order valence-corrected chi connectivity index (χ3v) is 5.47. The highest BCUT2D eigenvalue weighted by Crippen LogP contribution is 2.34. The Morgan fingerprint density at radius 2 is 1.94 bits per heavy atom. The number of ether oxygens (including phenoxy) is 1. The fraction of sp³-hybridized carbons (Fsp3) is 1.00. The smallest absolute Gasteiger partial charge is 0.0586 e. The average Bonchev–Trinajstić information content (AvgIpc) is 2.42. The number of methoxy groups -OCH3 is 1. The standard InChI is InChI=1S/C15H28ClNO/c1-12-6-8-15(11-16,9-7-12)17-13-4-3-5-14(10-13)18-2/h12-14,17H,3-11H2,1-2H3. The van der Waals surface area contributed by atoms with E-state index < -0.39 is 0 Å². The lowest BCUT2D eigenvalue weighted by atomic mass is 9.77. The van der Waals surface area contributed by atoms with Crippen molar-refractivity contribution in [2.24, 2.45) is 5.92 Å². The zero-order valence-corrected chi connectivity index (χ0v) is 12.6. The van der Waals surface area contributed by atoms with E-state index in [4.69, 9.17) is 16.3 Å². The molecule has 2 fully saturated rings. The lowest BCUT2D eigenvalue weighted by molar-refractivity contribution is 0.0496. The first-order valence-corrected chi connectivity index (χ1v) is 8.07. The Hall–Kier alpha value is 0.210. The van der Waals surface area contributed by atoms with Crippen molar-refractivity contribution in [3.63, 3.8) is 0 Å². The van der Waals surface area contributed by atoms with Crippen LogP contribution >= 0.6 is 11.6 Å². The van der Waals surface area contributed by atoms with Gasteiger partial charge in [0, 0.05) is 24.6 Å². The van der Waals surface area contributed by atoms with Gasteiger partial charge in [0.1, 0.15) is 0 Å². The molecule has 2 unspecified atom stereocenters. The van der Waals surface area contributed by atoms with Gasteiger partial charge in [-0.25, -0.2) is 0 Å². The van der Waals surface area contributed by atoms with Crippen LogP contribution in [0.2, 0.25) is 0 Å². The summed E-state index contributed by atoms with van der Waals surface area (Å²) < 4.78 is 5.52. The van der Waals surface area contributed by atoms with Crippen molar-refractivity contribution >= 4 is 11.6 Å². The molecule has 0 aromatic rings. The largest absolute Gasteiger partial charge is 0.381 e. The van der Waals surface area contributed by atoms with Crippen LogP contribution in [0.4, 0.5) is 0 Å². The van der Waals surface area contributed by atoms with Gasteiger partial charge in [0.15, 0.2) is 0 Å². The van der Waals surface area contributed by atoms with Crippen molar-refractivity contribution in [2.45, 2.75) is 76.0 Å². The van der Waals surface area contributed by atoms with E-state index >= 15 is 0 Å². The molecule has 18 heavy (non-hydrogen) atoms. The first kappa shape index (κ1) is 14.6. The normalized spacial score (nSPS) is 41.8. The van der Waals surface area contributed by atoms with Crippen LogP contribution in [0.15, 0.2) is 0 Å². The second kappa shape index (κ2) is 6.58. The van der Waals surface area contributed by atoms with E-state index in [1.807, 2.05) is 7.11 Å². The summed E-state index contributed by atoms with van der Waals surface area (Å²) in [6, 6.07) is 0.607. The second-order valence-corrected chi connectivity index (χ2v) is 6.73. The van der Waals surface area contributed by atoms with Crippen molar-refractivity contribution in [2.75, 3.05) is 13.0 Å². The van der Waals surface area contributed by atoms with Crippen molar-refractivity contribution < 1.29 is 4.74 Å². The molecule has 2 nitrogen and oxygen atoms in total. The lowest BCUT2D eigenvalue weighted by Crippen LogP contribution is -2.55. The number of halogens is 1. The summed E-state index contributed by atoms with van der Waals surface area (Å²) in [7, 11) is 1.84. The maximum Gasteiger partial charge on any atom is 0.0586 e. The second-order valence-electron chi connectivity index (χ2n) is 6.46. The highest BCUT2D eigenvalue weighted by atomic mass is 35.5. The molecule has 2 aliphatic rings. The summed E-state index contributed by atoms with van der Waals surface area (Å²) in [4.78, 5) is 0. The summed E-state index contributed by atoms with van der Waals surface area (Å²) in [6.07, 6.45) is 10.5. The molecule has 106 valence electrons. The van der Waals surface area contributed by atoms with Gasteiger partial charge in [-0.2, -0.15) is 0 Å². The van der Waals surface area contributed by atoms with E-state index in [0.29, 0.717) is 12.1 Å². The highest BCUT2D eigenvalue weighted by Gasteiger charge is 2.36. The zero-order chi connectivity index (χ0) is 13.0. The molecule has 0 heterocycles. The molecular formula is C15H28ClNO. The summed E-state index contributed by atoms with van der Waals surface area (Å²) in [5.74, 6) is 1.63. The van der Waals surface area contributed by atoms with Gasteiger partial charge in [-0.15, -0.1) is 11.6 Å². The molecule has 1 N–H and O–H groups in total. The molecule has 0 aromatic heterocycles. The van der Waals surface area contributed by atoms with Crippen LogP contribution in [-0.4, -0.2) is 30.7 Å². The Kier molecular flexibility index (Phi) is 5.35. The number of nitrogens with one attached hydrogen (secondary N) is 1. The van der Waals surface area contributed by atoms with Crippen LogP contribution in [0.25, 0.3) is 0 Å². The molecule has 0 aliphatic heterocycles. The van der Waals surface area contributed by atoms with Crippen LogP contribution in [0.3, 0.4) is 0 Å². The van der Waals surface area contributed by atoms with Gasteiger partial charge in [0.05, 0.1) is 6.10 Å². The Morgan fingerprint density at radius 3 is 2.56 bits per heavy atom. The fourth-order valence-electron chi connectivity index (χ4n) is 3.55. The fourth-order valence-corrected chi connectivity index (χ4v) is 3.90. The first-order valence-electron chi connectivity index (χ1n) is 7.54. The topological polar surface area (TPSA) is 21.3 Å². The minimum Gasteiger partial charge on any atom is -0.381 e. The third-order valence-electron chi connectivity index (χ3n) is 4.96. The highest BCUT2D eigenvalue weighted by molar-refractivity contribution is 6.18. The molecule has 0 radical (unpaired) electrons. The van der Waals surface area contributed by atoms with Crippen molar-refractivity contribution in [3.05, 3.63) is 0 Å². The van der Waals surface area contributed by atoms with E-state index in [-0.39, 0.29) is 5.54 Å². The van der Waals surface area contributed by atoms with E-state index in [1.54, 1.807) is 0 Å². The number of hydrogen-bond acceptors (Lipinski definition) is 2. The lowest BCUT2D eigenvalue weighted by Gasteiger charge is -2.43. The summed E-state index contributed by atoms with van der Waals surface area (Å²) in [6.45, 7) is 2.36. The quantitative estimate of drug-likeness (QED) is 0.789. The van der Waals surface area contributed by atoms with Gasteiger partial charge in [-0.05, 0) is 57.3 Å². The van der Waals surface area contributed by atoms with Gasteiger partial charge in [0.2, 0.25) is 0 Å². The van der Waals surface area contributed by atoms with Crippen molar-refractivity contribution in [1.82, 2.24) is 5.32 Å². The monoisotopic (exact) mass is 273 g/mol. The molecular weight excluding hydrogens is 246 g/mol. The SMILES string of the molecule is COC1CCCC(NC2(CCl)CCC(C)CC2)C1. The predicted octanol–water partition coefficient (Wildman–Crippen LogP) is 3.72. The van der Waals surface area contributed by atoms with E-state index in [2.05, 4.69) is 12.2 Å². The molecule has 2 aliphatic carbocycles. The van der Waals surface area contributed by atoms with Crippen LogP contribution in [-0.2, 0) is 4.74 Å². The summed E-state index contributed by atoms with van der Waals surface area (Å²) in [5.41, 5.74) is 0.203. The molecule has 0 aromatic carbocycles. The van der Waals surface area contributed by atoms with Crippen LogP contribution in [0.1, 0.15) is 58.3 Å². The van der Waals surface area contributed by atoms with Gasteiger partial charge >= 0.3 is 0 Å². The van der Waals surface area contributed by atoms with Gasteiger partial charge in [-0.1, -0.05) is 6.92 Å². The third kappa shape index (κ3) is 3.61. The number of hydrogen-bond donors (Lipinski definition) is 1. The molecule has 0 saturated heterocycles. The minimum absolute atomic E-state index is 0.203. The van der Waals surface area contributed by atoms with Gasteiger partial charge in [-0.3, -0.25) is 0 Å². The molecule has 0 amide bonds. The van der Waals surface area contributed by atoms with E-state index in [9.17, 15) is 0 Å². The summed E-state index contributed by atoms with van der Waals surface area (Å²) >= 11 is 6.28. The van der Waals surface area contributed by atoms with Gasteiger partial charge < -0.3 is 10.1 Å². The molecule has 0 bridgehead atoms. The predicted molar refractivity (Wildman–Crippen MR) is 77.3 cm³/mol. The van der Waals surface area contributed by atoms with Crippen LogP contribution < -0.4 is 5.32 Å². The zero-order valence-electron chi connectivity index (χ0n) is 11.9. The van der Waals surface area contributed by atoms with E-state index in [1.165, 1.54) is 44.9 Å². The van der Waals surface area contributed by atoms with Crippen molar-refractivity contribution in [3.8, 4) is 0 Å². The molecule has 2 saturated carbocycles. The number of rotatable bonds is 4. The summed E-state index contributed by atoms with van der Waals surface area (Å²) in [5, 5.41) is 3.89. The Balaban J connectivity index is 1.89. The number of alkyl halides is 1. The van der Waals surface area contributed by atoms with Crippen LogP contribution in [0.5, 0.6) is 0 Å². The maximum absolute atomic E-state index is 6.28. The minimum atomic E-state index is 0.203. The van der Waals surface area contributed by atoms with Gasteiger partial charge in [0.25, 0.3) is 0 Å². The molecule has 3 heteroatoms. The maximum atomic E-state index is 6.28. The van der Waals surface area contributed by atoms with Crippen molar-refractivity contribution in [1.29, 1.82) is 0 Å². The molecule has 0 spiro atoms. The van der Waals surface area contributed by atoms with Crippen LogP contribution in [0, 0.1) is 5.92 Å². The molecule has 2 rings (SSSR count). The first-order chi connectivity index (χ1) is 8.67. The Bertz CT molecular complexity index is 251. The Morgan fingerprint density at radius 1 is 1.22 bits per heavy atom. The average molecular weight is 274 g/mol. The van der Waals surface area contributed by atoms with E-state index in [0.717, 1.165) is 18.2 Å².